The number of benzene rings is 4. The molecule has 6 rings (SSSR count). The largest absolute Gasteiger partial charge is 0.457 e. The van der Waals surface area contributed by atoms with E-state index in [1.807, 2.05) is 91.1 Å². The van der Waals surface area contributed by atoms with Gasteiger partial charge in [0.2, 0.25) is 0 Å². The fourth-order valence-electron chi connectivity index (χ4n) is 4.55. The van der Waals surface area contributed by atoms with Crippen LogP contribution in [0.5, 0.6) is 23.0 Å². The van der Waals surface area contributed by atoms with E-state index in [0.29, 0.717) is 0 Å². The Bertz CT molecular complexity index is 1600. The highest BCUT2D eigenvalue weighted by Gasteiger charge is 2.13. The van der Waals surface area contributed by atoms with Crippen LogP contribution in [0.1, 0.15) is 6.92 Å². The molecule has 0 fully saturated rings. The highest BCUT2D eigenvalue weighted by molar-refractivity contribution is 5.72. The highest BCUT2D eigenvalue weighted by atomic mass is 16.5. The second-order valence-corrected chi connectivity index (χ2v) is 9.31. The molecule has 5 aromatic rings. The molecule has 0 unspecified atom stereocenters. The third-order valence-electron chi connectivity index (χ3n) is 6.62. The number of nitrogens with zero attached hydrogens (tertiary/aromatic N) is 3. The number of rotatable bonds is 8. The summed E-state index contributed by atoms with van der Waals surface area (Å²) in [5.74, 6) is 3.17. The van der Waals surface area contributed by atoms with E-state index in [1.54, 1.807) is 0 Å². The van der Waals surface area contributed by atoms with E-state index < -0.39 is 0 Å². The van der Waals surface area contributed by atoms with Gasteiger partial charge < -0.3 is 19.3 Å². The Morgan fingerprint density at radius 3 is 2.03 bits per heavy atom. The lowest BCUT2D eigenvalue weighted by Gasteiger charge is -2.20. The Morgan fingerprint density at radius 1 is 0.615 bits per heavy atom. The minimum atomic E-state index is 0.766. The zero-order valence-corrected chi connectivity index (χ0v) is 21.8. The highest BCUT2D eigenvalue weighted by Crippen LogP contribution is 2.32. The van der Waals surface area contributed by atoms with E-state index in [4.69, 9.17) is 9.47 Å². The SMILES string of the molecule is CCN1C=CN(c2cccc(Oc3cccc(-c4cc(-c5cccc(Oc6ccccc6)c5)ccn4)c3)c2)C1. The van der Waals surface area contributed by atoms with Gasteiger partial charge in [-0.25, -0.2) is 0 Å². The van der Waals surface area contributed by atoms with E-state index >= 15 is 0 Å². The van der Waals surface area contributed by atoms with Crippen LogP contribution >= 0.6 is 0 Å². The molecule has 5 heteroatoms. The minimum Gasteiger partial charge on any atom is -0.457 e. The number of hydrogen-bond acceptors (Lipinski definition) is 5. The van der Waals surface area contributed by atoms with Gasteiger partial charge in [0.25, 0.3) is 0 Å². The Hall–Kier alpha value is -5.03. The van der Waals surface area contributed by atoms with Crippen molar-refractivity contribution in [2.45, 2.75) is 6.92 Å². The van der Waals surface area contributed by atoms with Crippen molar-refractivity contribution in [1.29, 1.82) is 0 Å². The van der Waals surface area contributed by atoms with Crippen LogP contribution in [0.25, 0.3) is 22.4 Å². The summed E-state index contributed by atoms with van der Waals surface area (Å²) >= 11 is 0. The topological polar surface area (TPSA) is 37.8 Å². The Balaban J connectivity index is 1.20. The lowest BCUT2D eigenvalue weighted by molar-refractivity contribution is 0.429. The second kappa shape index (κ2) is 11.2. The average molecular weight is 512 g/mol. The van der Waals surface area contributed by atoms with Gasteiger partial charge in [-0.05, 0) is 78.7 Å². The molecular weight excluding hydrogens is 482 g/mol. The molecule has 1 aromatic heterocycles. The van der Waals surface area contributed by atoms with Gasteiger partial charge in [-0.1, -0.05) is 48.5 Å². The first-order valence-corrected chi connectivity index (χ1v) is 13.1. The molecule has 1 aliphatic heterocycles. The predicted octanol–water partition coefficient (Wildman–Crippen LogP) is 8.57. The fourth-order valence-corrected chi connectivity index (χ4v) is 4.55. The lowest BCUT2D eigenvalue weighted by Crippen LogP contribution is -2.24. The Morgan fingerprint density at radius 2 is 1.26 bits per heavy atom. The summed E-state index contributed by atoms with van der Waals surface area (Å²) in [7, 11) is 0. The molecule has 0 aliphatic carbocycles. The summed E-state index contributed by atoms with van der Waals surface area (Å²) in [5, 5.41) is 0. The molecule has 2 heterocycles. The minimum absolute atomic E-state index is 0.766. The van der Waals surface area contributed by atoms with Crippen molar-refractivity contribution in [2.75, 3.05) is 18.1 Å². The normalized spacial score (nSPS) is 12.5. The van der Waals surface area contributed by atoms with Crippen LogP contribution in [0.4, 0.5) is 5.69 Å². The first-order valence-electron chi connectivity index (χ1n) is 13.1. The van der Waals surface area contributed by atoms with Gasteiger partial charge in [-0.3, -0.25) is 4.98 Å². The van der Waals surface area contributed by atoms with Gasteiger partial charge in [0, 0.05) is 42.5 Å². The molecule has 0 amide bonds. The number of para-hydroxylation sites is 1. The van der Waals surface area contributed by atoms with Gasteiger partial charge in [0.1, 0.15) is 23.0 Å². The van der Waals surface area contributed by atoms with Gasteiger partial charge in [0.15, 0.2) is 0 Å². The van der Waals surface area contributed by atoms with Crippen LogP contribution in [-0.4, -0.2) is 23.1 Å². The standard InChI is InChI=1S/C34H29N3O2/c1-2-36-19-20-37(25-36)29-11-8-16-33(24-29)39-32-15-7-10-28(22-32)34-23-27(17-18-35-34)26-9-6-14-31(21-26)38-30-12-4-3-5-13-30/h3-24H,2,25H2,1H3. The third-order valence-corrected chi connectivity index (χ3v) is 6.62. The molecule has 0 spiro atoms. The molecule has 4 aromatic carbocycles. The third kappa shape index (κ3) is 5.78. The molecular formula is C34H29N3O2. The Labute approximate surface area is 229 Å². The number of ether oxygens (including phenoxy) is 2. The van der Waals surface area contributed by atoms with Crippen LogP contribution in [-0.2, 0) is 0 Å². The summed E-state index contributed by atoms with van der Waals surface area (Å²) in [4.78, 5) is 9.11. The lowest BCUT2D eigenvalue weighted by atomic mass is 10.0. The van der Waals surface area contributed by atoms with Crippen molar-refractivity contribution in [3.8, 4) is 45.4 Å². The van der Waals surface area contributed by atoms with Crippen molar-refractivity contribution in [3.63, 3.8) is 0 Å². The van der Waals surface area contributed by atoms with Crippen LogP contribution in [0.2, 0.25) is 0 Å². The zero-order valence-electron chi connectivity index (χ0n) is 21.8. The van der Waals surface area contributed by atoms with Gasteiger partial charge in [-0.15, -0.1) is 0 Å². The maximum Gasteiger partial charge on any atom is 0.129 e. The van der Waals surface area contributed by atoms with Crippen LogP contribution < -0.4 is 14.4 Å². The van der Waals surface area contributed by atoms with E-state index in [-0.39, 0.29) is 0 Å². The zero-order chi connectivity index (χ0) is 26.4. The van der Waals surface area contributed by atoms with E-state index in [0.717, 1.165) is 64.3 Å². The Kier molecular flexibility index (Phi) is 6.95. The molecule has 1 aliphatic rings. The second-order valence-electron chi connectivity index (χ2n) is 9.31. The number of aromatic nitrogens is 1. The van der Waals surface area contributed by atoms with Gasteiger partial charge in [0.05, 0.1) is 12.4 Å². The van der Waals surface area contributed by atoms with Crippen molar-refractivity contribution >= 4 is 5.69 Å². The molecule has 192 valence electrons. The molecule has 0 saturated heterocycles. The summed E-state index contributed by atoms with van der Waals surface area (Å²) in [6, 6.07) is 38.3. The maximum atomic E-state index is 6.27. The van der Waals surface area contributed by atoms with Gasteiger partial charge >= 0.3 is 0 Å². The van der Waals surface area contributed by atoms with Crippen LogP contribution in [0, 0.1) is 0 Å². The number of anilines is 1. The van der Waals surface area contributed by atoms with Crippen molar-refractivity contribution in [3.05, 3.63) is 134 Å². The van der Waals surface area contributed by atoms with E-state index in [9.17, 15) is 0 Å². The maximum absolute atomic E-state index is 6.27. The predicted molar refractivity (Wildman–Crippen MR) is 157 cm³/mol. The molecule has 0 saturated carbocycles. The smallest absolute Gasteiger partial charge is 0.129 e. The molecule has 0 radical (unpaired) electrons. The quantitative estimate of drug-likeness (QED) is 0.209. The van der Waals surface area contributed by atoms with Crippen LogP contribution in [0.3, 0.4) is 0 Å². The van der Waals surface area contributed by atoms with Crippen molar-refractivity contribution in [1.82, 2.24) is 9.88 Å². The average Bonchev–Trinajstić information content (AvgIpc) is 3.48. The first-order chi connectivity index (χ1) is 19.2. The molecule has 0 N–H and O–H groups in total. The fraction of sp³-hybridized carbons (Fsp3) is 0.0882. The summed E-state index contributed by atoms with van der Waals surface area (Å²) in [6.07, 6.45) is 6.06. The molecule has 39 heavy (non-hydrogen) atoms. The summed E-state index contributed by atoms with van der Waals surface area (Å²) < 4.78 is 12.3. The van der Waals surface area contributed by atoms with Crippen molar-refractivity contribution < 1.29 is 9.47 Å². The first kappa shape index (κ1) is 24.3. The van der Waals surface area contributed by atoms with Crippen molar-refractivity contribution in [2.24, 2.45) is 0 Å². The van der Waals surface area contributed by atoms with E-state index in [2.05, 4.69) is 64.4 Å². The van der Waals surface area contributed by atoms with E-state index in [1.165, 1.54) is 0 Å². The summed E-state index contributed by atoms with van der Waals surface area (Å²) in [5.41, 5.74) is 5.10. The van der Waals surface area contributed by atoms with Crippen LogP contribution in [0.15, 0.2) is 134 Å². The molecule has 0 bridgehead atoms. The molecule has 0 atom stereocenters. The van der Waals surface area contributed by atoms with Gasteiger partial charge in [-0.2, -0.15) is 0 Å². The molecule has 5 nitrogen and oxygen atoms in total. The number of hydrogen-bond donors (Lipinski definition) is 0. The number of pyridine rings is 1. The summed E-state index contributed by atoms with van der Waals surface area (Å²) in [6.45, 7) is 3.99. The monoisotopic (exact) mass is 511 g/mol.